The molecule has 116 valence electrons. The third-order valence-corrected chi connectivity index (χ3v) is 3.70. The first kappa shape index (κ1) is 16.5. The fourth-order valence-electron chi connectivity index (χ4n) is 1.56. The van der Waals surface area contributed by atoms with Crippen molar-refractivity contribution in [2.24, 2.45) is 0 Å². The van der Waals surface area contributed by atoms with Gasteiger partial charge in [0.25, 0.3) is 0 Å². The van der Waals surface area contributed by atoms with Gasteiger partial charge in [-0.15, -0.1) is 0 Å². The van der Waals surface area contributed by atoms with Crippen molar-refractivity contribution in [2.45, 2.75) is 11.7 Å². The number of halogens is 1. The first-order chi connectivity index (χ1) is 10.5. The number of nitrogens with zero attached hydrogens (tertiary/aromatic N) is 4. The summed E-state index contributed by atoms with van der Waals surface area (Å²) in [5.41, 5.74) is 0.953. The molecule has 0 aliphatic rings. The SMILES string of the molecule is CN(C)c1cc(Cl)nc(SCC(=O)NCc2cccnc2)n1. The van der Waals surface area contributed by atoms with Gasteiger partial charge in [-0.1, -0.05) is 29.4 Å². The molecule has 0 aliphatic heterocycles. The van der Waals surface area contributed by atoms with Crippen molar-refractivity contribution in [2.75, 3.05) is 24.7 Å². The van der Waals surface area contributed by atoms with Gasteiger partial charge in [0.05, 0.1) is 5.75 Å². The molecule has 0 bridgehead atoms. The van der Waals surface area contributed by atoms with E-state index in [4.69, 9.17) is 11.6 Å². The lowest BCUT2D eigenvalue weighted by atomic mass is 10.3. The summed E-state index contributed by atoms with van der Waals surface area (Å²) >= 11 is 7.20. The molecule has 22 heavy (non-hydrogen) atoms. The Labute approximate surface area is 138 Å². The van der Waals surface area contributed by atoms with Crippen LogP contribution in [0.25, 0.3) is 0 Å². The van der Waals surface area contributed by atoms with E-state index in [1.165, 1.54) is 11.8 Å². The van der Waals surface area contributed by atoms with E-state index in [0.29, 0.717) is 22.7 Å². The van der Waals surface area contributed by atoms with Crippen LogP contribution in [-0.2, 0) is 11.3 Å². The summed E-state index contributed by atoms with van der Waals surface area (Å²) in [7, 11) is 3.74. The second-order valence-corrected chi connectivity index (χ2v) is 5.98. The highest BCUT2D eigenvalue weighted by atomic mass is 35.5. The number of anilines is 1. The van der Waals surface area contributed by atoms with Crippen molar-refractivity contribution in [3.05, 3.63) is 41.3 Å². The van der Waals surface area contributed by atoms with E-state index in [-0.39, 0.29) is 11.7 Å². The van der Waals surface area contributed by atoms with Crippen molar-refractivity contribution in [1.82, 2.24) is 20.3 Å². The maximum Gasteiger partial charge on any atom is 0.230 e. The van der Waals surface area contributed by atoms with E-state index in [9.17, 15) is 4.79 Å². The number of thioether (sulfide) groups is 1. The predicted molar refractivity (Wildman–Crippen MR) is 88.2 cm³/mol. The van der Waals surface area contributed by atoms with Crippen LogP contribution in [0.2, 0.25) is 5.15 Å². The molecule has 0 saturated heterocycles. The smallest absolute Gasteiger partial charge is 0.230 e. The zero-order chi connectivity index (χ0) is 15.9. The molecule has 0 radical (unpaired) electrons. The number of amides is 1. The fourth-order valence-corrected chi connectivity index (χ4v) is 2.47. The zero-order valence-corrected chi connectivity index (χ0v) is 13.9. The summed E-state index contributed by atoms with van der Waals surface area (Å²) in [5, 5.41) is 3.66. The minimum absolute atomic E-state index is 0.0937. The number of pyridine rings is 1. The van der Waals surface area contributed by atoms with Crippen LogP contribution in [0.1, 0.15) is 5.56 Å². The molecule has 0 unspecified atom stereocenters. The molecule has 0 aliphatic carbocycles. The van der Waals surface area contributed by atoms with Crippen LogP contribution in [0.4, 0.5) is 5.82 Å². The van der Waals surface area contributed by atoms with Crippen LogP contribution in [0, 0.1) is 0 Å². The van der Waals surface area contributed by atoms with Gasteiger partial charge in [0.2, 0.25) is 5.91 Å². The first-order valence-electron chi connectivity index (χ1n) is 6.55. The number of hydrogen-bond acceptors (Lipinski definition) is 6. The van der Waals surface area contributed by atoms with Crippen LogP contribution in [0.15, 0.2) is 35.7 Å². The Bertz CT molecular complexity index is 638. The van der Waals surface area contributed by atoms with Crippen molar-refractivity contribution < 1.29 is 4.79 Å². The second kappa shape index (κ2) is 7.95. The molecule has 0 spiro atoms. The lowest BCUT2D eigenvalue weighted by Gasteiger charge is -2.12. The Balaban J connectivity index is 1.86. The maximum atomic E-state index is 11.8. The molecule has 2 rings (SSSR count). The molecule has 0 fully saturated rings. The topological polar surface area (TPSA) is 71.0 Å². The summed E-state index contributed by atoms with van der Waals surface area (Å²) in [6.45, 7) is 0.451. The summed E-state index contributed by atoms with van der Waals surface area (Å²) in [5.74, 6) is 0.843. The maximum absolute atomic E-state index is 11.8. The van der Waals surface area contributed by atoms with Gasteiger partial charge in [-0.05, 0) is 11.6 Å². The lowest BCUT2D eigenvalue weighted by Crippen LogP contribution is -2.24. The van der Waals surface area contributed by atoms with Gasteiger partial charge in [0.1, 0.15) is 11.0 Å². The largest absolute Gasteiger partial charge is 0.363 e. The molecule has 2 aromatic rings. The molecule has 0 saturated carbocycles. The zero-order valence-electron chi connectivity index (χ0n) is 12.3. The summed E-state index contributed by atoms with van der Waals surface area (Å²) in [6.07, 6.45) is 3.41. The molecule has 6 nitrogen and oxygen atoms in total. The van der Waals surface area contributed by atoms with Gasteiger partial charge in [0, 0.05) is 39.1 Å². The Morgan fingerprint density at radius 2 is 2.23 bits per heavy atom. The minimum atomic E-state index is -0.0937. The van der Waals surface area contributed by atoms with Crippen molar-refractivity contribution in [3.8, 4) is 0 Å². The van der Waals surface area contributed by atoms with Crippen LogP contribution in [0.3, 0.4) is 0 Å². The molecule has 1 amide bonds. The van der Waals surface area contributed by atoms with Crippen LogP contribution in [-0.4, -0.2) is 40.7 Å². The Morgan fingerprint density at radius 3 is 2.91 bits per heavy atom. The monoisotopic (exact) mass is 337 g/mol. The fraction of sp³-hybridized carbons (Fsp3) is 0.286. The molecular weight excluding hydrogens is 322 g/mol. The van der Waals surface area contributed by atoms with Gasteiger partial charge in [-0.25, -0.2) is 9.97 Å². The normalized spacial score (nSPS) is 10.3. The standard InChI is InChI=1S/C14H16ClN5OS/c1-20(2)12-6-11(15)18-14(19-12)22-9-13(21)17-8-10-4-3-5-16-7-10/h3-7H,8-9H2,1-2H3,(H,17,21). The number of carbonyl (C=O) groups is 1. The van der Waals surface area contributed by atoms with E-state index < -0.39 is 0 Å². The highest BCUT2D eigenvalue weighted by Gasteiger charge is 2.08. The van der Waals surface area contributed by atoms with Crippen LogP contribution in [0.5, 0.6) is 0 Å². The van der Waals surface area contributed by atoms with Gasteiger partial charge >= 0.3 is 0 Å². The molecule has 2 aromatic heterocycles. The van der Waals surface area contributed by atoms with Crippen LogP contribution < -0.4 is 10.2 Å². The molecule has 2 heterocycles. The van der Waals surface area contributed by atoms with E-state index >= 15 is 0 Å². The number of aromatic nitrogens is 3. The first-order valence-corrected chi connectivity index (χ1v) is 7.91. The minimum Gasteiger partial charge on any atom is -0.363 e. The van der Waals surface area contributed by atoms with Crippen molar-refractivity contribution >= 4 is 35.1 Å². The van der Waals surface area contributed by atoms with E-state index in [1.54, 1.807) is 18.5 Å². The number of hydrogen-bond donors (Lipinski definition) is 1. The average molecular weight is 338 g/mol. The molecule has 8 heteroatoms. The number of rotatable bonds is 6. The van der Waals surface area contributed by atoms with Gasteiger partial charge in [-0.3, -0.25) is 9.78 Å². The summed E-state index contributed by atoms with van der Waals surface area (Å²) < 4.78 is 0. The van der Waals surface area contributed by atoms with Crippen molar-refractivity contribution in [1.29, 1.82) is 0 Å². The summed E-state index contributed by atoms with van der Waals surface area (Å²) in [4.78, 5) is 26.1. The molecule has 0 atom stereocenters. The van der Waals surface area contributed by atoms with Gasteiger partial charge in [-0.2, -0.15) is 0 Å². The Hall–Kier alpha value is -1.86. The quantitative estimate of drug-likeness (QED) is 0.494. The van der Waals surface area contributed by atoms with E-state index in [2.05, 4.69) is 20.3 Å². The third-order valence-electron chi connectivity index (χ3n) is 2.66. The van der Waals surface area contributed by atoms with Gasteiger partial charge < -0.3 is 10.2 Å². The molecule has 0 aromatic carbocycles. The van der Waals surface area contributed by atoms with E-state index in [1.807, 2.05) is 31.1 Å². The average Bonchev–Trinajstić information content (AvgIpc) is 2.51. The predicted octanol–water partition coefficient (Wildman–Crippen LogP) is 2.00. The highest BCUT2D eigenvalue weighted by molar-refractivity contribution is 7.99. The van der Waals surface area contributed by atoms with E-state index in [0.717, 1.165) is 5.56 Å². The third kappa shape index (κ3) is 5.16. The Kier molecular flexibility index (Phi) is 5.97. The number of carbonyl (C=O) groups excluding carboxylic acids is 1. The van der Waals surface area contributed by atoms with Crippen LogP contribution >= 0.6 is 23.4 Å². The Morgan fingerprint density at radius 1 is 1.41 bits per heavy atom. The number of nitrogens with one attached hydrogen (secondary N) is 1. The summed E-state index contributed by atoms with van der Waals surface area (Å²) in [6, 6.07) is 5.41. The molecule has 1 N–H and O–H groups in total. The molecular formula is C14H16ClN5OS. The van der Waals surface area contributed by atoms with Gasteiger partial charge in [0.15, 0.2) is 5.16 Å². The highest BCUT2D eigenvalue weighted by Crippen LogP contribution is 2.20. The van der Waals surface area contributed by atoms with Crippen molar-refractivity contribution in [3.63, 3.8) is 0 Å². The second-order valence-electron chi connectivity index (χ2n) is 4.65. The lowest BCUT2D eigenvalue weighted by molar-refractivity contribution is -0.118.